The Morgan fingerprint density at radius 3 is 2.89 bits per heavy atom. The van der Waals surface area contributed by atoms with Gasteiger partial charge in [-0.2, -0.15) is 0 Å². The van der Waals surface area contributed by atoms with Crippen LogP contribution in [0.4, 0.5) is 0 Å². The van der Waals surface area contributed by atoms with Crippen molar-refractivity contribution in [2.75, 3.05) is 6.61 Å². The minimum Gasteiger partial charge on any atom is -0.493 e. The standard InChI is InChI=1S/C13H12BrNO3/c1-3-17-12-5-4-10(14)6-9(12)7-11-8(2)15-18-13(11)16/h4-7H,3H2,1-2H3. The maximum Gasteiger partial charge on any atom is 0.367 e. The molecule has 0 spiro atoms. The summed E-state index contributed by atoms with van der Waals surface area (Å²) in [5.74, 6) is 0.288. The lowest BCUT2D eigenvalue weighted by atomic mass is 10.1. The van der Waals surface area contributed by atoms with Gasteiger partial charge in [-0.1, -0.05) is 21.1 Å². The van der Waals surface area contributed by atoms with Crippen LogP contribution in [-0.2, 0) is 9.63 Å². The van der Waals surface area contributed by atoms with Gasteiger partial charge >= 0.3 is 5.97 Å². The van der Waals surface area contributed by atoms with Gasteiger partial charge in [-0.3, -0.25) is 0 Å². The van der Waals surface area contributed by atoms with Crippen molar-refractivity contribution in [1.82, 2.24) is 0 Å². The fourth-order valence-corrected chi connectivity index (χ4v) is 1.97. The average Bonchev–Trinajstić information content (AvgIpc) is 2.64. The first kappa shape index (κ1) is 12.8. The van der Waals surface area contributed by atoms with Crippen molar-refractivity contribution in [3.8, 4) is 5.75 Å². The van der Waals surface area contributed by atoms with E-state index in [4.69, 9.17) is 4.74 Å². The second-order valence-electron chi connectivity index (χ2n) is 3.73. The molecule has 0 saturated heterocycles. The van der Waals surface area contributed by atoms with Crippen LogP contribution in [-0.4, -0.2) is 18.3 Å². The highest BCUT2D eigenvalue weighted by molar-refractivity contribution is 9.10. The van der Waals surface area contributed by atoms with E-state index in [9.17, 15) is 4.79 Å². The van der Waals surface area contributed by atoms with Gasteiger partial charge in [0.25, 0.3) is 0 Å². The fraction of sp³-hybridized carbons (Fsp3) is 0.231. The maximum absolute atomic E-state index is 11.5. The number of ether oxygens (including phenoxy) is 1. The molecule has 5 heteroatoms. The molecule has 0 radical (unpaired) electrons. The summed E-state index contributed by atoms with van der Waals surface area (Å²) in [5.41, 5.74) is 1.84. The monoisotopic (exact) mass is 309 g/mol. The zero-order valence-corrected chi connectivity index (χ0v) is 11.7. The minimum absolute atomic E-state index is 0.435. The van der Waals surface area contributed by atoms with Crippen molar-refractivity contribution in [2.45, 2.75) is 13.8 Å². The Labute approximate surface area is 113 Å². The summed E-state index contributed by atoms with van der Waals surface area (Å²) in [6, 6.07) is 5.63. The van der Waals surface area contributed by atoms with Crippen molar-refractivity contribution in [2.24, 2.45) is 5.16 Å². The molecule has 0 aromatic heterocycles. The molecular formula is C13H12BrNO3. The third-order valence-electron chi connectivity index (χ3n) is 2.45. The van der Waals surface area contributed by atoms with Gasteiger partial charge < -0.3 is 9.57 Å². The molecule has 2 rings (SSSR count). The third-order valence-corrected chi connectivity index (χ3v) is 2.94. The van der Waals surface area contributed by atoms with E-state index >= 15 is 0 Å². The predicted molar refractivity (Wildman–Crippen MR) is 72.5 cm³/mol. The van der Waals surface area contributed by atoms with E-state index in [0.717, 1.165) is 15.8 Å². The van der Waals surface area contributed by atoms with E-state index in [1.165, 1.54) is 0 Å². The largest absolute Gasteiger partial charge is 0.493 e. The number of hydrogen-bond donors (Lipinski definition) is 0. The van der Waals surface area contributed by atoms with Crippen molar-refractivity contribution >= 4 is 33.7 Å². The third kappa shape index (κ3) is 2.61. The van der Waals surface area contributed by atoms with Gasteiger partial charge in [0, 0.05) is 10.0 Å². The number of hydrogen-bond acceptors (Lipinski definition) is 4. The summed E-state index contributed by atoms with van der Waals surface area (Å²) in [7, 11) is 0. The lowest BCUT2D eigenvalue weighted by Crippen LogP contribution is -2.02. The first-order chi connectivity index (χ1) is 8.61. The number of carbonyl (C=O) groups is 1. The van der Waals surface area contributed by atoms with E-state index < -0.39 is 5.97 Å². The molecule has 18 heavy (non-hydrogen) atoms. The minimum atomic E-state index is -0.435. The Kier molecular flexibility index (Phi) is 3.81. The second-order valence-corrected chi connectivity index (χ2v) is 4.64. The summed E-state index contributed by atoms with van der Waals surface area (Å²) in [6.45, 7) is 4.21. The van der Waals surface area contributed by atoms with Crippen molar-refractivity contribution < 1.29 is 14.4 Å². The molecule has 0 saturated carbocycles. The topological polar surface area (TPSA) is 47.9 Å². The molecule has 0 amide bonds. The van der Waals surface area contributed by atoms with Crippen LogP contribution < -0.4 is 4.74 Å². The second kappa shape index (κ2) is 5.35. The Bertz CT molecular complexity index is 549. The molecule has 1 aromatic rings. The molecule has 0 bridgehead atoms. The van der Waals surface area contributed by atoms with Gasteiger partial charge in [0.15, 0.2) is 0 Å². The van der Waals surface area contributed by atoms with E-state index in [-0.39, 0.29) is 0 Å². The maximum atomic E-state index is 11.5. The van der Waals surface area contributed by atoms with Crippen LogP contribution in [0, 0.1) is 0 Å². The number of halogens is 1. The highest BCUT2D eigenvalue weighted by Gasteiger charge is 2.22. The molecular weight excluding hydrogens is 298 g/mol. The number of nitrogens with zero attached hydrogens (tertiary/aromatic N) is 1. The average molecular weight is 310 g/mol. The Balaban J connectivity index is 2.44. The van der Waals surface area contributed by atoms with E-state index in [1.807, 2.05) is 25.1 Å². The summed E-state index contributed by atoms with van der Waals surface area (Å²) in [5, 5.41) is 3.64. The molecule has 94 valence electrons. The van der Waals surface area contributed by atoms with Gasteiger partial charge in [0.05, 0.1) is 17.9 Å². The van der Waals surface area contributed by atoms with Gasteiger partial charge in [-0.25, -0.2) is 4.79 Å². The quantitative estimate of drug-likeness (QED) is 0.636. The Morgan fingerprint density at radius 1 is 1.50 bits per heavy atom. The lowest BCUT2D eigenvalue weighted by Gasteiger charge is -2.08. The van der Waals surface area contributed by atoms with Gasteiger partial charge in [-0.05, 0) is 38.1 Å². The summed E-state index contributed by atoms with van der Waals surface area (Å²) < 4.78 is 6.43. The van der Waals surface area contributed by atoms with Gasteiger partial charge in [0.2, 0.25) is 0 Å². The van der Waals surface area contributed by atoms with Crippen LogP contribution in [0.25, 0.3) is 6.08 Å². The van der Waals surface area contributed by atoms with Crippen LogP contribution >= 0.6 is 15.9 Å². The normalized spacial score (nSPS) is 16.7. The van der Waals surface area contributed by atoms with Crippen LogP contribution in [0.3, 0.4) is 0 Å². The van der Waals surface area contributed by atoms with Crippen molar-refractivity contribution in [1.29, 1.82) is 0 Å². The SMILES string of the molecule is CCOc1ccc(Br)cc1C=C1C(=O)ON=C1C. The van der Waals surface area contributed by atoms with Crippen molar-refractivity contribution in [3.05, 3.63) is 33.8 Å². The van der Waals surface area contributed by atoms with Crippen LogP contribution in [0.5, 0.6) is 5.75 Å². The fourth-order valence-electron chi connectivity index (χ4n) is 1.59. The molecule has 1 heterocycles. The lowest BCUT2D eigenvalue weighted by molar-refractivity contribution is -0.136. The van der Waals surface area contributed by atoms with Crippen LogP contribution in [0.1, 0.15) is 19.4 Å². The number of oxime groups is 1. The number of rotatable bonds is 3. The zero-order chi connectivity index (χ0) is 13.1. The molecule has 0 atom stereocenters. The predicted octanol–water partition coefficient (Wildman–Crippen LogP) is 3.16. The van der Waals surface area contributed by atoms with E-state index in [0.29, 0.717) is 17.9 Å². The molecule has 0 fully saturated rings. The first-order valence-electron chi connectivity index (χ1n) is 5.52. The number of carbonyl (C=O) groups excluding carboxylic acids is 1. The zero-order valence-electron chi connectivity index (χ0n) is 10.1. The summed E-state index contributed by atoms with van der Waals surface area (Å²) in [4.78, 5) is 16.1. The van der Waals surface area contributed by atoms with Gasteiger partial charge in [-0.15, -0.1) is 0 Å². The molecule has 0 N–H and O–H groups in total. The molecule has 1 aromatic carbocycles. The van der Waals surface area contributed by atoms with Crippen LogP contribution in [0.2, 0.25) is 0 Å². The van der Waals surface area contributed by atoms with Gasteiger partial charge in [0.1, 0.15) is 5.75 Å². The van der Waals surface area contributed by atoms with Crippen LogP contribution in [0.15, 0.2) is 33.4 Å². The molecule has 1 aliphatic heterocycles. The van der Waals surface area contributed by atoms with E-state index in [2.05, 4.69) is 25.9 Å². The smallest absolute Gasteiger partial charge is 0.367 e. The summed E-state index contributed by atoms with van der Waals surface area (Å²) >= 11 is 3.40. The van der Waals surface area contributed by atoms with E-state index in [1.54, 1.807) is 13.0 Å². The highest BCUT2D eigenvalue weighted by Crippen LogP contribution is 2.27. The highest BCUT2D eigenvalue weighted by atomic mass is 79.9. The molecule has 1 aliphatic rings. The molecule has 0 unspecified atom stereocenters. The van der Waals surface area contributed by atoms with Crippen molar-refractivity contribution in [3.63, 3.8) is 0 Å². The molecule has 0 aliphatic carbocycles. The summed E-state index contributed by atoms with van der Waals surface area (Å²) in [6.07, 6.45) is 1.73. The first-order valence-corrected chi connectivity index (χ1v) is 6.31. The number of benzene rings is 1. The Morgan fingerprint density at radius 2 is 2.28 bits per heavy atom. The molecule has 4 nitrogen and oxygen atoms in total. The Hall–Kier alpha value is -1.62.